The molecule has 0 unspecified atom stereocenters. The lowest BCUT2D eigenvalue weighted by atomic mass is 10.1. The standard InChI is InChI=1S/C10H8ClIN2/c1-5-3-7(12)4-8-9(5)13-6(2)14-10(8)11/h3-4H,1-2H3. The van der Waals surface area contributed by atoms with Gasteiger partial charge < -0.3 is 0 Å². The summed E-state index contributed by atoms with van der Waals surface area (Å²) in [4.78, 5) is 8.51. The number of nitrogens with zero attached hydrogens (tertiary/aromatic N) is 2. The Morgan fingerprint density at radius 1 is 1.21 bits per heavy atom. The molecule has 1 heterocycles. The lowest BCUT2D eigenvalue weighted by Crippen LogP contribution is -1.93. The number of halogens is 2. The molecule has 2 rings (SSSR count). The first kappa shape index (κ1) is 10.1. The zero-order valence-corrected chi connectivity index (χ0v) is 10.7. The van der Waals surface area contributed by atoms with Gasteiger partial charge in [0.1, 0.15) is 11.0 Å². The van der Waals surface area contributed by atoms with Crippen LogP contribution in [-0.2, 0) is 0 Å². The Hall–Kier alpha value is -0.420. The van der Waals surface area contributed by atoms with Crippen molar-refractivity contribution >= 4 is 45.1 Å². The maximum absolute atomic E-state index is 6.05. The lowest BCUT2D eigenvalue weighted by molar-refractivity contribution is 1.09. The average Bonchev–Trinajstić information content (AvgIpc) is 2.07. The highest BCUT2D eigenvalue weighted by Gasteiger charge is 2.06. The predicted octanol–water partition coefficient (Wildman–Crippen LogP) is 3.50. The number of aryl methyl sites for hydroxylation is 2. The minimum atomic E-state index is 0.536. The number of rotatable bonds is 0. The molecule has 0 radical (unpaired) electrons. The largest absolute Gasteiger partial charge is 0.233 e. The topological polar surface area (TPSA) is 25.8 Å². The normalized spacial score (nSPS) is 10.9. The molecule has 0 atom stereocenters. The number of hydrogen-bond acceptors (Lipinski definition) is 2. The zero-order valence-electron chi connectivity index (χ0n) is 7.81. The van der Waals surface area contributed by atoms with Crippen LogP contribution in [0.1, 0.15) is 11.4 Å². The molecule has 0 bridgehead atoms. The smallest absolute Gasteiger partial charge is 0.140 e. The van der Waals surface area contributed by atoms with Crippen molar-refractivity contribution in [3.63, 3.8) is 0 Å². The predicted molar refractivity (Wildman–Crippen MR) is 66.7 cm³/mol. The van der Waals surface area contributed by atoms with E-state index in [0.29, 0.717) is 11.0 Å². The maximum Gasteiger partial charge on any atom is 0.140 e. The third-order valence-electron chi connectivity index (χ3n) is 2.02. The van der Waals surface area contributed by atoms with Crippen LogP contribution in [0.15, 0.2) is 12.1 Å². The molecule has 0 amide bonds. The van der Waals surface area contributed by atoms with Crippen LogP contribution in [0.2, 0.25) is 5.15 Å². The zero-order chi connectivity index (χ0) is 10.3. The Bertz CT molecular complexity index is 464. The van der Waals surface area contributed by atoms with Crippen molar-refractivity contribution in [3.05, 3.63) is 32.2 Å². The van der Waals surface area contributed by atoms with Crippen LogP contribution < -0.4 is 0 Å². The average molecular weight is 319 g/mol. The van der Waals surface area contributed by atoms with Gasteiger partial charge in [-0.2, -0.15) is 0 Å². The molecule has 0 aliphatic rings. The molecule has 0 saturated carbocycles. The molecule has 1 aromatic heterocycles. The van der Waals surface area contributed by atoms with Crippen LogP contribution in [0.3, 0.4) is 0 Å². The van der Waals surface area contributed by atoms with Crippen LogP contribution >= 0.6 is 34.2 Å². The Morgan fingerprint density at radius 3 is 2.64 bits per heavy atom. The van der Waals surface area contributed by atoms with Gasteiger partial charge in [0.15, 0.2) is 0 Å². The van der Waals surface area contributed by atoms with Gasteiger partial charge in [0.05, 0.1) is 5.52 Å². The number of aromatic nitrogens is 2. The van der Waals surface area contributed by atoms with Crippen molar-refractivity contribution < 1.29 is 0 Å². The maximum atomic E-state index is 6.05. The van der Waals surface area contributed by atoms with Gasteiger partial charge in [-0.3, -0.25) is 0 Å². The second-order valence-corrected chi connectivity index (χ2v) is 4.78. The number of fused-ring (bicyclic) bond motifs is 1. The van der Waals surface area contributed by atoms with Gasteiger partial charge in [0, 0.05) is 8.96 Å². The van der Waals surface area contributed by atoms with E-state index >= 15 is 0 Å². The summed E-state index contributed by atoms with van der Waals surface area (Å²) in [5, 5.41) is 1.47. The molecule has 0 saturated heterocycles. The van der Waals surface area contributed by atoms with Crippen molar-refractivity contribution in [3.8, 4) is 0 Å². The molecule has 0 spiro atoms. The van der Waals surface area contributed by atoms with Gasteiger partial charge in [-0.05, 0) is 54.1 Å². The van der Waals surface area contributed by atoms with Gasteiger partial charge in [-0.25, -0.2) is 9.97 Å². The minimum absolute atomic E-state index is 0.536. The lowest BCUT2D eigenvalue weighted by Gasteiger charge is -2.04. The van der Waals surface area contributed by atoms with Gasteiger partial charge in [0.2, 0.25) is 0 Å². The fourth-order valence-electron chi connectivity index (χ4n) is 1.43. The molecule has 14 heavy (non-hydrogen) atoms. The van der Waals surface area contributed by atoms with E-state index in [1.807, 2.05) is 19.9 Å². The molecule has 1 aromatic carbocycles. The first-order chi connectivity index (χ1) is 6.58. The Kier molecular flexibility index (Phi) is 2.62. The van der Waals surface area contributed by atoms with Crippen molar-refractivity contribution in [2.24, 2.45) is 0 Å². The highest BCUT2D eigenvalue weighted by molar-refractivity contribution is 14.1. The van der Waals surface area contributed by atoms with Crippen molar-refractivity contribution in [1.82, 2.24) is 9.97 Å². The molecule has 0 aliphatic carbocycles. The fraction of sp³-hybridized carbons (Fsp3) is 0.200. The minimum Gasteiger partial charge on any atom is -0.233 e. The second kappa shape index (κ2) is 3.62. The van der Waals surface area contributed by atoms with Crippen LogP contribution in [0, 0.1) is 17.4 Å². The molecule has 0 N–H and O–H groups in total. The van der Waals surface area contributed by atoms with Crippen molar-refractivity contribution in [2.75, 3.05) is 0 Å². The Balaban J connectivity index is 2.94. The van der Waals surface area contributed by atoms with Gasteiger partial charge in [-0.15, -0.1) is 0 Å². The first-order valence-corrected chi connectivity index (χ1v) is 5.63. The van der Waals surface area contributed by atoms with Crippen molar-refractivity contribution in [1.29, 1.82) is 0 Å². The van der Waals surface area contributed by atoms with Crippen LogP contribution in [0.25, 0.3) is 10.9 Å². The van der Waals surface area contributed by atoms with E-state index < -0.39 is 0 Å². The van der Waals surface area contributed by atoms with E-state index in [1.165, 1.54) is 0 Å². The van der Waals surface area contributed by atoms with E-state index in [0.717, 1.165) is 20.0 Å². The molecule has 4 heteroatoms. The Morgan fingerprint density at radius 2 is 1.93 bits per heavy atom. The molecule has 72 valence electrons. The second-order valence-electron chi connectivity index (χ2n) is 3.18. The van der Waals surface area contributed by atoms with Crippen molar-refractivity contribution in [2.45, 2.75) is 13.8 Å². The summed E-state index contributed by atoms with van der Waals surface area (Å²) in [7, 11) is 0. The van der Waals surface area contributed by atoms with Crippen LogP contribution in [0.4, 0.5) is 0 Å². The SMILES string of the molecule is Cc1nc(Cl)c2cc(I)cc(C)c2n1. The van der Waals surface area contributed by atoms with E-state index in [2.05, 4.69) is 38.6 Å². The summed E-state index contributed by atoms with van der Waals surface area (Å²) in [6, 6.07) is 4.09. The molecule has 2 nitrogen and oxygen atoms in total. The summed E-state index contributed by atoms with van der Waals surface area (Å²) in [5.74, 6) is 0.715. The highest BCUT2D eigenvalue weighted by atomic mass is 127. The van der Waals surface area contributed by atoms with Gasteiger partial charge in [0.25, 0.3) is 0 Å². The van der Waals surface area contributed by atoms with Crippen LogP contribution in [0.5, 0.6) is 0 Å². The molecule has 0 fully saturated rings. The third kappa shape index (κ3) is 1.70. The van der Waals surface area contributed by atoms with E-state index in [4.69, 9.17) is 11.6 Å². The Labute approximate surface area is 101 Å². The first-order valence-electron chi connectivity index (χ1n) is 4.18. The third-order valence-corrected chi connectivity index (χ3v) is 2.93. The molecule has 0 aliphatic heterocycles. The molecular formula is C10H8ClIN2. The quantitative estimate of drug-likeness (QED) is 0.549. The number of hydrogen-bond donors (Lipinski definition) is 0. The van der Waals surface area contributed by atoms with Gasteiger partial charge >= 0.3 is 0 Å². The molecular weight excluding hydrogens is 310 g/mol. The highest BCUT2D eigenvalue weighted by Crippen LogP contribution is 2.25. The number of benzene rings is 1. The summed E-state index contributed by atoms with van der Waals surface area (Å²) >= 11 is 8.32. The summed E-state index contributed by atoms with van der Waals surface area (Å²) in [6.45, 7) is 3.88. The molecule has 2 aromatic rings. The van der Waals surface area contributed by atoms with Crippen LogP contribution in [-0.4, -0.2) is 9.97 Å². The van der Waals surface area contributed by atoms with E-state index in [9.17, 15) is 0 Å². The summed E-state index contributed by atoms with van der Waals surface area (Å²) < 4.78 is 1.15. The fourth-order valence-corrected chi connectivity index (χ4v) is 2.48. The van der Waals surface area contributed by atoms with Gasteiger partial charge in [-0.1, -0.05) is 11.6 Å². The monoisotopic (exact) mass is 318 g/mol. The van der Waals surface area contributed by atoms with E-state index in [-0.39, 0.29) is 0 Å². The van der Waals surface area contributed by atoms with E-state index in [1.54, 1.807) is 0 Å². The summed E-state index contributed by atoms with van der Waals surface area (Å²) in [6.07, 6.45) is 0. The summed E-state index contributed by atoms with van der Waals surface area (Å²) in [5.41, 5.74) is 2.09.